The molecule has 4 rings (SSSR count). The van der Waals surface area contributed by atoms with E-state index in [2.05, 4.69) is 15.3 Å². The van der Waals surface area contributed by atoms with Gasteiger partial charge in [0.2, 0.25) is 4.96 Å². The minimum absolute atomic E-state index is 0.0208. The molecule has 4 aromatic rings. The van der Waals surface area contributed by atoms with Crippen molar-refractivity contribution in [2.45, 2.75) is 12.5 Å². The summed E-state index contributed by atoms with van der Waals surface area (Å²) < 4.78 is 1.63. The molecular weight excluding hydrogens is 388 g/mol. The van der Waals surface area contributed by atoms with Gasteiger partial charge in [0.1, 0.15) is 5.01 Å². The third kappa shape index (κ3) is 3.52. The van der Waals surface area contributed by atoms with Gasteiger partial charge >= 0.3 is 0 Å². The molecular formula is C17H13ClN6O2S. The average molecular weight is 401 g/mol. The molecule has 0 bridgehead atoms. The van der Waals surface area contributed by atoms with Crippen molar-refractivity contribution in [2.75, 3.05) is 0 Å². The van der Waals surface area contributed by atoms with Crippen LogP contribution in [-0.4, -0.2) is 24.7 Å². The van der Waals surface area contributed by atoms with Crippen LogP contribution in [0.5, 0.6) is 0 Å². The maximum Gasteiger partial charge on any atom is 0.269 e. The second-order valence-electron chi connectivity index (χ2n) is 5.88. The zero-order chi connectivity index (χ0) is 19.0. The third-order valence-electron chi connectivity index (χ3n) is 4.06. The van der Waals surface area contributed by atoms with E-state index in [0.29, 0.717) is 27.8 Å². The van der Waals surface area contributed by atoms with Crippen molar-refractivity contribution in [3.63, 3.8) is 0 Å². The number of aromatic nitrogens is 4. The minimum Gasteiger partial charge on any atom is -0.324 e. The first-order valence-corrected chi connectivity index (χ1v) is 9.18. The Hall–Kier alpha value is -2.88. The summed E-state index contributed by atoms with van der Waals surface area (Å²) in [5, 5.41) is 25.1. The second-order valence-corrected chi connectivity index (χ2v) is 7.36. The first-order valence-electron chi connectivity index (χ1n) is 7.98. The quantitative estimate of drug-likeness (QED) is 0.404. The van der Waals surface area contributed by atoms with Crippen LogP contribution in [0.3, 0.4) is 0 Å². The molecule has 1 atom stereocenters. The molecule has 0 aliphatic heterocycles. The minimum atomic E-state index is -0.442. The van der Waals surface area contributed by atoms with Crippen molar-refractivity contribution in [2.24, 2.45) is 5.73 Å². The zero-order valence-electron chi connectivity index (χ0n) is 13.8. The smallest absolute Gasteiger partial charge is 0.269 e. The molecule has 0 radical (unpaired) electrons. The number of benzene rings is 2. The SMILES string of the molecule is NC(Cc1nn2c(-c3ccc([N+](=O)[O-])cc3)nnc2s1)c1ccc(Cl)cc1. The number of halogens is 1. The van der Waals surface area contributed by atoms with Gasteiger partial charge in [-0.2, -0.15) is 9.61 Å². The van der Waals surface area contributed by atoms with Crippen LogP contribution in [0.15, 0.2) is 48.5 Å². The van der Waals surface area contributed by atoms with Gasteiger partial charge in [0.15, 0.2) is 5.82 Å². The van der Waals surface area contributed by atoms with Crippen molar-refractivity contribution in [1.29, 1.82) is 0 Å². The lowest BCUT2D eigenvalue weighted by atomic mass is 10.1. The van der Waals surface area contributed by atoms with E-state index in [1.807, 2.05) is 24.3 Å². The van der Waals surface area contributed by atoms with Crippen molar-refractivity contribution in [1.82, 2.24) is 19.8 Å². The molecule has 0 aliphatic rings. The van der Waals surface area contributed by atoms with Crippen LogP contribution < -0.4 is 5.73 Å². The summed E-state index contributed by atoms with van der Waals surface area (Å²) in [5.41, 5.74) is 7.97. The Bertz CT molecular complexity index is 1110. The number of nitro groups is 1. The second kappa shape index (κ2) is 7.03. The molecule has 2 N–H and O–H groups in total. The topological polar surface area (TPSA) is 112 Å². The number of fused-ring (bicyclic) bond motifs is 1. The van der Waals surface area contributed by atoms with Gasteiger partial charge in [0.25, 0.3) is 5.69 Å². The molecule has 2 heterocycles. The maximum atomic E-state index is 10.8. The Morgan fingerprint density at radius 3 is 2.52 bits per heavy atom. The Labute approximate surface area is 162 Å². The summed E-state index contributed by atoms with van der Waals surface area (Å²) in [6, 6.07) is 13.3. The number of non-ortho nitro benzene ring substituents is 1. The van der Waals surface area contributed by atoms with Gasteiger partial charge in [-0.3, -0.25) is 10.1 Å². The molecule has 0 aliphatic carbocycles. The normalized spacial score (nSPS) is 12.4. The first kappa shape index (κ1) is 17.5. The van der Waals surface area contributed by atoms with Crippen molar-refractivity contribution in [3.05, 3.63) is 74.2 Å². The van der Waals surface area contributed by atoms with E-state index >= 15 is 0 Å². The van der Waals surface area contributed by atoms with Crippen LogP contribution in [0.4, 0.5) is 5.69 Å². The van der Waals surface area contributed by atoms with Crippen LogP contribution in [0.25, 0.3) is 16.3 Å². The highest BCUT2D eigenvalue weighted by molar-refractivity contribution is 7.16. The summed E-state index contributed by atoms with van der Waals surface area (Å²) in [5.74, 6) is 0.530. The fraction of sp³-hybridized carbons (Fsp3) is 0.118. The molecule has 136 valence electrons. The predicted molar refractivity (Wildman–Crippen MR) is 103 cm³/mol. The molecule has 0 fully saturated rings. The predicted octanol–water partition coefficient (Wildman–Crippen LogP) is 3.66. The van der Waals surface area contributed by atoms with Gasteiger partial charge in [-0.1, -0.05) is 35.1 Å². The van der Waals surface area contributed by atoms with Crippen molar-refractivity contribution >= 4 is 33.6 Å². The Balaban J connectivity index is 1.60. The summed E-state index contributed by atoms with van der Waals surface area (Å²) in [6.45, 7) is 0. The molecule has 27 heavy (non-hydrogen) atoms. The number of rotatable bonds is 5. The van der Waals surface area contributed by atoms with Gasteiger partial charge in [0, 0.05) is 35.2 Å². The average Bonchev–Trinajstić information content (AvgIpc) is 3.22. The largest absolute Gasteiger partial charge is 0.324 e. The summed E-state index contributed by atoms with van der Waals surface area (Å²) >= 11 is 7.32. The molecule has 10 heteroatoms. The van der Waals surface area contributed by atoms with E-state index in [-0.39, 0.29) is 11.7 Å². The molecule has 2 aromatic carbocycles. The van der Waals surface area contributed by atoms with Crippen molar-refractivity contribution < 1.29 is 4.92 Å². The number of nitrogens with zero attached hydrogens (tertiary/aromatic N) is 5. The molecule has 0 amide bonds. The summed E-state index contributed by atoms with van der Waals surface area (Å²) in [7, 11) is 0. The number of nitro benzene ring substituents is 1. The maximum absolute atomic E-state index is 10.8. The Kier molecular flexibility index (Phi) is 4.56. The molecule has 0 saturated heterocycles. The highest BCUT2D eigenvalue weighted by atomic mass is 35.5. The highest BCUT2D eigenvalue weighted by Gasteiger charge is 2.17. The van der Waals surface area contributed by atoms with Gasteiger partial charge in [0.05, 0.1) is 4.92 Å². The Morgan fingerprint density at radius 1 is 1.15 bits per heavy atom. The number of hydrogen-bond acceptors (Lipinski definition) is 7. The van der Waals surface area contributed by atoms with Crippen molar-refractivity contribution in [3.8, 4) is 11.4 Å². The zero-order valence-corrected chi connectivity index (χ0v) is 15.4. The molecule has 0 spiro atoms. The van der Waals surface area contributed by atoms with Gasteiger partial charge in [-0.05, 0) is 29.8 Å². The van der Waals surface area contributed by atoms with Gasteiger partial charge < -0.3 is 5.73 Å². The fourth-order valence-electron chi connectivity index (χ4n) is 2.67. The van der Waals surface area contributed by atoms with E-state index < -0.39 is 4.92 Å². The van der Waals surface area contributed by atoms with E-state index in [4.69, 9.17) is 17.3 Å². The van der Waals surface area contributed by atoms with E-state index in [0.717, 1.165) is 10.6 Å². The Morgan fingerprint density at radius 2 is 1.85 bits per heavy atom. The van der Waals surface area contributed by atoms with Crippen LogP contribution in [0.1, 0.15) is 16.6 Å². The van der Waals surface area contributed by atoms with Crippen LogP contribution >= 0.6 is 22.9 Å². The van der Waals surface area contributed by atoms with E-state index in [1.165, 1.54) is 23.5 Å². The first-order chi connectivity index (χ1) is 13.0. The lowest BCUT2D eigenvalue weighted by Crippen LogP contribution is -2.13. The van der Waals surface area contributed by atoms with E-state index in [9.17, 15) is 10.1 Å². The molecule has 1 unspecified atom stereocenters. The monoisotopic (exact) mass is 400 g/mol. The molecule has 2 aromatic heterocycles. The standard InChI is InChI=1S/C17H13ClN6O2S/c18-12-5-1-10(2-6-12)14(19)9-15-22-23-16(20-21-17(23)27-15)11-3-7-13(8-4-11)24(25)26/h1-8,14H,9,19H2. The molecule has 0 saturated carbocycles. The summed E-state index contributed by atoms with van der Waals surface area (Å²) in [4.78, 5) is 11.0. The van der Waals surface area contributed by atoms with Crippen LogP contribution in [0.2, 0.25) is 5.02 Å². The lowest BCUT2D eigenvalue weighted by molar-refractivity contribution is -0.384. The highest BCUT2D eigenvalue weighted by Crippen LogP contribution is 2.26. The summed E-state index contributed by atoms with van der Waals surface area (Å²) in [6.07, 6.45) is 0.551. The van der Waals surface area contributed by atoms with E-state index in [1.54, 1.807) is 16.6 Å². The number of hydrogen-bond donors (Lipinski definition) is 1. The fourth-order valence-corrected chi connectivity index (χ4v) is 3.68. The van der Waals surface area contributed by atoms with Crippen LogP contribution in [0, 0.1) is 10.1 Å². The van der Waals surface area contributed by atoms with Crippen LogP contribution in [-0.2, 0) is 6.42 Å². The third-order valence-corrected chi connectivity index (χ3v) is 5.23. The van der Waals surface area contributed by atoms with Gasteiger partial charge in [-0.25, -0.2) is 0 Å². The van der Waals surface area contributed by atoms with Gasteiger partial charge in [-0.15, -0.1) is 10.2 Å². The molecule has 8 nitrogen and oxygen atoms in total. The lowest BCUT2D eigenvalue weighted by Gasteiger charge is -2.09. The number of nitrogens with two attached hydrogens (primary N) is 1.